The molecule has 0 bridgehead atoms. The molecule has 0 amide bonds. The van der Waals surface area contributed by atoms with Gasteiger partial charge in [0.2, 0.25) is 0 Å². The fourth-order valence-electron chi connectivity index (χ4n) is 2.82. The minimum Gasteiger partial charge on any atom is -0.384 e. The smallest absolute Gasteiger partial charge is 0.144 e. The second kappa shape index (κ2) is 4.84. The van der Waals surface area contributed by atoms with Gasteiger partial charge in [-0.1, -0.05) is 24.3 Å². The summed E-state index contributed by atoms with van der Waals surface area (Å²) in [6.45, 7) is 0. The third-order valence-electron chi connectivity index (χ3n) is 3.75. The highest BCUT2D eigenvalue weighted by atomic mass is 16.1. The standard InChI is InChI=1S/C16H16N2O/c17-16-10-11(7-8-18-16)9-15(19)14-6-5-12-3-1-2-4-13(12)14/h1-4,7-8,10,14H,5-6,9H2,(H2,17,18). The van der Waals surface area contributed by atoms with Gasteiger partial charge in [0.05, 0.1) is 0 Å². The number of ketones is 1. The summed E-state index contributed by atoms with van der Waals surface area (Å²) in [6.07, 6.45) is 4.02. The highest BCUT2D eigenvalue weighted by Gasteiger charge is 2.27. The van der Waals surface area contributed by atoms with Crippen LogP contribution in [0.4, 0.5) is 5.82 Å². The number of carbonyl (C=O) groups excluding carboxylic acids is 1. The highest BCUT2D eigenvalue weighted by Crippen LogP contribution is 2.34. The Hall–Kier alpha value is -2.16. The molecule has 1 unspecified atom stereocenters. The quantitative estimate of drug-likeness (QED) is 0.913. The third kappa shape index (κ3) is 2.36. The largest absolute Gasteiger partial charge is 0.384 e. The maximum absolute atomic E-state index is 12.4. The van der Waals surface area contributed by atoms with Crippen LogP contribution in [0.1, 0.15) is 29.0 Å². The van der Waals surface area contributed by atoms with E-state index in [1.807, 2.05) is 18.2 Å². The number of pyridine rings is 1. The molecule has 2 N–H and O–H groups in total. The fourth-order valence-corrected chi connectivity index (χ4v) is 2.82. The molecule has 0 saturated heterocycles. The van der Waals surface area contributed by atoms with E-state index >= 15 is 0 Å². The van der Waals surface area contributed by atoms with Crippen molar-refractivity contribution in [1.29, 1.82) is 0 Å². The van der Waals surface area contributed by atoms with Crippen molar-refractivity contribution in [3.63, 3.8) is 0 Å². The second-order valence-electron chi connectivity index (χ2n) is 5.02. The zero-order chi connectivity index (χ0) is 13.2. The average molecular weight is 252 g/mol. The Bertz CT molecular complexity index is 622. The van der Waals surface area contributed by atoms with Gasteiger partial charge in [0.15, 0.2) is 0 Å². The lowest BCUT2D eigenvalue weighted by molar-refractivity contribution is -0.119. The number of hydrogen-bond donors (Lipinski definition) is 1. The number of nitrogens with two attached hydrogens (primary N) is 1. The summed E-state index contributed by atoms with van der Waals surface area (Å²) in [4.78, 5) is 16.4. The van der Waals surface area contributed by atoms with Crippen LogP contribution >= 0.6 is 0 Å². The van der Waals surface area contributed by atoms with Crippen molar-refractivity contribution < 1.29 is 4.79 Å². The molecule has 1 heterocycles. The first-order chi connectivity index (χ1) is 9.24. The van der Waals surface area contributed by atoms with Crippen LogP contribution in [0, 0.1) is 0 Å². The van der Waals surface area contributed by atoms with Gasteiger partial charge in [-0.25, -0.2) is 4.98 Å². The van der Waals surface area contributed by atoms with Gasteiger partial charge in [0.1, 0.15) is 11.6 Å². The summed E-state index contributed by atoms with van der Waals surface area (Å²) in [5.74, 6) is 0.790. The maximum atomic E-state index is 12.4. The lowest BCUT2D eigenvalue weighted by Gasteiger charge is -2.10. The molecular formula is C16H16N2O. The number of fused-ring (bicyclic) bond motifs is 1. The number of Topliss-reactive ketones (excluding diaryl/α,β-unsaturated/α-hetero) is 1. The topological polar surface area (TPSA) is 56.0 Å². The van der Waals surface area contributed by atoms with Crippen molar-refractivity contribution in [3.05, 3.63) is 59.3 Å². The zero-order valence-electron chi connectivity index (χ0n) is 10.7. The summed E-state index contributed by atoms with van der Waals surface area (Å²) in [6, 6.07) is 11.9. The van der Waals surface area contributed by atoms with E-state index in [0.717, 1.165) is 18.4 Å². The van der Waals surface area contributed by atoms with Gasteiger partial charge in [0, 0.05) is 18.5 Å². The molecule has 1 aliphatic carbocycles. The second-order valence-corrected chi connectivity index (χ2v) is 5.02. The van der Waals surface area contributed by atoms with Crippen LogP contribution in [-0.2, 0) is 17.6 Å². The minimum atomic E-state index is 0.0468. The Kier molecular flexibility index (Phi) is 3.03. The number of aryl methyl sites for hydroxylation is 1. The molecule has 96 valence electrons. The van der Waals surface area contributed by atoms with E-state index in [-0.39, 0.29) is 11.7 Å². The molecule has 1 aromatic carbocycles. The van der Waals surface area contributed by atoms with E-state index in [9.17, 15) is 4.79 Å². The Morgan fingerprint density at radius 2 is 2.16 bits per heavy atom. The third-order valence-corrected chi connectivity index (χ3v) is 3.75. The van der Waals surface area contributed by atoms with Gasteiger partial charge < -0.3 is 5.73 Å². The minimum absolute atomic E-state index is 0.0468. The van der Waals surface area contributed by atoms with Crippen molar-refractivity contribution in [2.75, 3.05) is 5.73 Å². The summed E-state index contributed by atoms with van der Waals surface area (Å²) in [5, 5.41) is 0. The van der Waals surface area contributed by atoms with Gasteiger partial charge >= 0.3 is 0 Å². The molecule has 19 heavy (non-hydrogen) atoms. The number of rotatable bonds is 3. The Morgan fingerprint density at radius 3 is 3.00 bits per heavy atom. The van der Waals surface area contributed by atoms with E-state index in [1.54, 1.807) is 12.3 Å². The van der Waals surface area contributed by atoms with Crippen LogP contribution in [0.2, 0.25) is 0 Å². The number of nitrogen functional groups attached to an aromatic ring is 1. The number of carbonyl (C=O) groups is 1. The van der Waals surface area contributed by atoms with Crippen LogP contribution in [0.15, 0.2) is 42.6 Å². The monoisotopic (exact) mass is 252 g/mol. The van der Waals surface area contributed by atoms with Gasteiger partial charge in [-0.15, -0.1) is 0 Å². The number of aromatic nitrogens is 1. The van der Waals surface area contributed by atoms with Gasteiger partial charge in [-0.05, 0) is 41.7 Å². The molecule has 0 spiro atoms. The molecule has 3 rings (SSSR count). The molecular weight excluding hydrogens is 236 g/mol. The van der Waals surface area contributed by atoms with Crippen LogP contribution in [0.3, 0.4) is 0 Å². The first-order valence-corrected chi connectivity index (χ1v) is 6.55. The first-order valence-electron chi connectivity index (χ1n) is 6.55. The van der Waals surface area contributed by atoms with E-state index in [2.05, 4.69) is 17.1 Å². The SMILES string of the molecule is Nc1cc(CC(=O)C2CCc3ccccc32)ccn1. The fraction of sp³-hybridized carbons (Fsp3) is 0.250. The number of benzene rings is 1. The molecule has 0 fully saturated rings. The van der Waals surface area contributed by atoms with Crippen molar-refractivity contribution >= 4 is 11.6 Å². The molecule has 3 heteroatoms. The average Bonchev–Trinajstić information content (AvgIpc) is 2.82. The van der Waals surface area contributed by atoms with E-state index in [1.165, 1.54) is 11.1 Å². The van der Waals surface area contributed by atoms with Crippen LogP contribution in [-0.4, -0.2) is 10.8 Å². The number of hydrogen-bond acceptors (Lipinski definition) is 3. The summed E-state index contributed by atoms with van der Waals surface area (Å²) in [7, 11) is 0. The molecule has 1 atom stereocenters. The molecule has 0 radical (unpaired) electrons. The van der Waals surface area contributed by atoms with Crippen molar-refractivity contribution in [3.8, 4) is 0 Å². The van der Waals surface area contributed by atoms with Crippen molar-refractivity contribution in [2.24, 2.45) is 0 Å². The van der Waals surface area contributed by atoms with Crippen molar-refractivity contribution in [2.45, 2.75) is 25.2 Å². The molecule has 1 aliphatic rings. The molecule has 3 nitrogen and oxygen atoms in total. The number of anilines is 1. The Labute approximate surface area is 112 Å². The van der Waals surface area contributed by atoms with Crippen molar-refractivity contribution in [1.82, 2.24) is 4.98 Å². The molecule has 0 saturated carbocycles. The van der Waals surface area contributed by atoms with Gasteiger partial charge in [-0.3, -0.25) is 4.79 Å². The van der Waals surface area contributed by atoms with Gasteiger partial charge in [-0.2, -0.15) is 0 Å². The summed E-state index contributed by atoms with van der Waals surface area (Å²) < 4.78 is 0. The predicted octanol–water partition coefficient (Wildman–Crippen LogP) is 2.51. The lowest BCUT2D eigenvalue weighted by Crippen LogP contribution is -2.12. The maximum Gasteiger partial charge on any atom is 0.144 e. The Morgan fingerprint density at radius 1 is 1.32 bits per heavy atom. The van der Waals surface area contributed by atoms with Crippen LogP contribution in [0.25, 0.3) is 0 Å². The van der Waals surface area contributed by atoms with Crippen LogP contribution < -0.4 is 5.73 Å². The summed E-state index contributed by atoms with van der Waals surface area (Å²) in [5.41, 5.74) is 9.11. The number of nitrogens with zero attached hydrogens (tertiary/aromatic N) is 1. The van der Waals surface area contributed by atoms with Gasteiger partial charge in [0.25, 0.3) is 0 Å². The zero-order valence-corrected chi connectivity index (χ0v) is 10.7. The predicted molar refractivity (Wildman–Crippen MR) is 74.9 cm³/mol. The Balaban J connectivity index is 1.79. The lowest BCUT2D eigenvalue weighted by atomic mass is 9.93. The molecule has 1 aromatic heterocycles. The normalized spacial score (nSPS) is 17.2. The van der Waals surface area contributed by atoms with E-state index < -0.39 is 0 Å². The molecule has 0 aliphatic heterocycles. The van der Waals surface area contributed by atoms with E-state index in [0.29, 0.717) is 12.2 Å². The highest BCUT2D eigenvalue weighted by molar-refractivity contribution is 5.88. The summed E-state index contributed by atoms with van der Waals surface area (Å²) >= 11 is 0. The molecule has 2 aromatic rings. The first kappa shape index (κ1) is 11.9. The van der Waals surface area contributed by atoms with Crippen LogP contribution in [0.5, 0.6) is 0 Å². The van der Waals surface area contributed by atoms with E-state index in [4.69, 9.17) is 5.73 Å².